The number of ether oxygens (including phenoxy) is 6. The van der Waals surface area contributed by atoms with E-state index in [1.807, 2.05) is 0 Å². The van der Waals surface area contributed by atoms with Gasteiger partial charge in [0, 0.05) is 0 Å². The Morgan fingerprint density at radius 1 is 0.382 bits per heavy atom. The zero-order chi connectivity index (χ0) is 22.7. The molecule has 34 heavy (non-hydrogen) atoms. The maximum atomic E-state index is 5.68. The van der Waals surface area contributed by atoms with Crippen molar-refractivity contribution >= 4 is 31.6 Å². The first-order valence-corrected chi connectivity index (χ1v) is 16.9. The molecule has 0 aliphatic carbocycles. The molecule has 0 amide bonds. The molecule has 0 bridgehead atoms. The quantitative estimate of drug-likeness (QED) is 0.380. The van der Waals surface area contributed by atoms with Gasteiger partial charge < -0.3 is 0 Å². The molecule has 3 aliphatic heterocycles. The van der Waals surface area contributed by atoms with E-state index in [-0.39, 0.29) is 18.9 Å². The molecule has 3 aliphatic rings. The van der Waals surface area contributed by atoms with Crippen LogP contribution in [0.1, 0.15) is 35.6 Å². The van der Waals surface area contributed by atoms with E-state index in [1.165, 1.54) is 9.81 Å². The van der Waals surface area contributed by atoms with Crippen LogP contribution in [0.3, 0.4) is 0 Å². The Morgan fingerprint density at radius 2 is 0.618 bits per heavy atom. The number of rotatable bonds is 6. The summed E-state index contributed by atoms with van der Waals surface area (Å²) in [6.07, 6.45) is -0.755. The molecular formula is C27H27BiO6. The number of hydrogen-bond donors (Lipinski definition) is 0. The molecule has 7 heteroatoms. The van der Waals surface area contributed by atoms with Crippen LogP contribution in [0.4, 0.5) is 0 Å². The van der Waals surface area contributed by atoms with E-state index in [2.05, 4.69) is 72.8 Å². The average Bonchev–Trinajstić information content (AvgIpc) is 3.69. The number of hydrogen-bond acceptors (Lipinski definition) is 6. The third-order valence-corrected chi connectivity index (χ3v) is 15.6. The van der Waals surface area contributed by atoms with Crippen LogP contribution >= 0.6 is 0 Å². The third kappa shape index (κ3) is 4.84. The van der Waals surface area contributed by atoms with Crippen LogP contribution in [0, 0.1) is 0 Å². The second-order valence-corrected chi connectivity index (χ2v) is 17.0. The van der Waals surface area contributed by atoms with E-state index < -0.39 is 21.8 Å². The van der Waals surface area contributed by atoms with Crippen molar-refractivity contribution in [3.63, 3.8) is 0 Å². The summed E-state index contributed by atoms with van der Waals surface area (Å²) in [6, 6.07) is 26.4. The molecule has 0 saturated carbocycles. The van der Waals surface area contributed by atoms with E-state index >= 15 is 0 Å². The molecule has 0 unspecified atom stereocenters. The van der Waals surface area contributed by atoms with Gasteiger partial charge in [-0.3, -0.25) is 0 Å². The fourth-order valence-electron chi connectivity index (χ4n) is 4.44. The summed E-state index contributed by atoms with van der Waals surface area (Å²) < 4.78 is 38.3. The second-order valence-electron chi connectivity index (χ2n) is 8.33. The van der Waals surface area contributed by atoms with Gasteiger partial charge in [0.2, 0.25) is 0 Å². The van der Waals surface area contributed by atoms with Crippen LogP contribution in [-0.2, 0) is 28.4 Å². The van der Waals surface area contributed by atoms with Crippen molar-refractivity contribution in [2.75, 3.05) is 39.6 Å². The van der Waals surface area contributed by atoms with Crippen molar-refractivity contribution < 1.29 is 28.4 Å². The van der Waals surface area contributed by atoms with Crippen LogP contribution in [0.2, 0.25) is 0 Å². The molecule has 3 aromatic carbocycles. The zero-order valence-electron chi connectivity index (χ0n) is 18.8. The van der Waals surface area contributed by atoms with Gasteiger partial charge in [-0.15, -0.1) is 0 Å². The summed E-state index contributed by atoms with van der Waals surface area (Å²) in [6.45, 7) is 3.89. The van der Waals surface area contributed by atoms with Crippen molar-refractivity contribution in [1.29, 1.82) is 0 Å². The molecule has 6 rings (SSSR count). The summed E-state index contributed by atoms with van der Waals surface area (Å²) in [7, 11) is 0. The van der Waals surface area contributed by atoms with Crippen molar-refractivity contribution in [2.24, 2.45) is 0 Å². The summed E-state index contributed by atoms with van der Waals surface area (Å²) in [5.41, 5.74) is 3.21. The van der Waals surface area contributed by atoms with Gasteiger partial charge in [-0.05, 0) is 0 Å². The first-order valence-electron chi connectivity index (χ1n) is 11.6. The second kappa shape index (κ2) is 10.5. The van der Waals surface area contributed by atoms with Gasteiger partial charge in [0.25, 0.3) is 0 Å². The standard InChI is InChI=1S/3C9H9O2.Bi/c3*1-2-4-8(5-3-1)9-10-6-7-11-9;/h3*2-5,9H,6-7H2;. The summed E-state index contributed by atoms with van der Waals surface area (Å²) >= 11 is -2.55. The molecule has 3 saturated heterocycles. The fraction of sp³-hybridized carbons (Fsp3) is 0.333. The van der Waals surface area contributed by atoms with E-state index in [0.29, 0.717) is 39.6 Å². The molecule has 0 aromatic heterocycles. The maximum absolute atomic E-state index is 5.68. The van der Waals surface area contributed by atoms with Crippen LogP contribution in [-0.4, -0.2) is 61.4 Å². The average molecular weight is 656 g/mol. The first kappa shape index (κ1) is 22.7. The molecular weight excluding hydrogens is 629 g/mol. The minimum atomic E-state index is -2.55. The molecule has 3 aromatic rings. The molecule has 176 valence electrons. The summed E-state index contributed by atoms with van der Waals surface area (Å²) in [5, 5.41) is 0. The van der Waals surface area contributed by atoms with Crippen LogP contribution < -0.4 is 9.81 Å². The van der Waals surface area contributed by atoms with E-state index in [9.17, 15) is 0 Å². The molecule has 0 radical (unpaired) electrons. The van der Waals surface area contributed by atoms with Gasteiger partial charge in [-0.1, -0.05) is 0 Å². The summed E-state index contributed by atoms with van der Waals surface area (Å²) in [4.78, 5) is 0. The van der Waals surface area contributed by atoms with Crippen molar-refractivity contribution in [3.05, 3.63) is 89.5 Å². The Morgan fingerprint density at radius 3 is 0.853 bits per heavy atom. The number of benzene rings is 3. The first-order chi connectivity index (χ1) is 16.8. The SMILES string of the molecule is c1c[c]([Bi]([c]2ccc(C3OCCO3)cc2)[c]2ccc(C3OCCO3)cc2)ccc1C1OCCO1. The zero-order valence-corrected chi connectivity index (χ0v) is 22.3. The van der Waals surface area contributed by atoms with E-state index in [4.69, 9.17) is 28.4 Å². The van der Waals surface area contributed by atoms with Gasteiger partial charge in [-0.2, -0.15) is 0 Å². The van der Waals surface area contributed by atoms with Gasteiger partial charge in [0.15, 0.2) is 0 Å². The monoisotopic (exact) mass is 656 g/mol. The molecule has 0 N–H and O–H groups in total. The molecule has 3 heterocycles. The Labute approximate surface area is 207 Å². The molecule has 0 spiro atoms. The fourth-order valence-corrected chi connectivity index (χ4v) is 13.1. The van der Waals surface area contributed by atoms with Crippen LogP contribution in [0.15, 0.2) is 72.8 Å². The summed E-state index contributed by atoms with van der Waals surface area (Å²) in [5.74, 6) is 0. The van der Waals surface area contributed by atoms with Crippen molar-refractivity contribution in [1.82, 2.24) is 0 Å². The predicted molar refractivity (Wildman–Crippen MR) is 128 cm³/mol. The Kier molecular flexibility index (Phi) is 7.03. The van der Waals surface area contributed by atoms with Crippen LogP contribution in [0.5, 0.6) is 0 Å². The third-order valence-electron chi connectivity index (χ3n) is 6.14. The Balaban J connectivity index is 1.32. The van der Waals surface area contributed by atoms with Crippen molar-refractivity contribution in [3.8, 4) is 0 Å². The van der Waals surface area contributed by atoms with Crippen molar-refractivity contribution in [2.45, 2.75) is 18.9 Å². The molecule has 3 fully saturated rings. The minimum absolute atomic E-state index is 0.252. The van der Waals surface area contributed by atoms with E-state index in [1.54, 1.807) is 0 Å². The molecule has 6 nitrogen and oxygen atoms in total. The van der Waals surface area contributed by atoms with Gasteiger partial charge in [-0.25, -0.2) is 0 Å². The Hall–Kier alpha value is -1.70. The predicted octanol–water partition coefficient (Wildman–Crippen LogP) is 2.34. The topological polar surface area (TPSA) is 55.4 Å². The van der Waals surface area contributed by atoms with Gasteiger partial charge >= 0.3 is 208 Å². The Bertz CT molecular complexity index is 926. The van der Waals surface area contributed by atoms with Gasteiger partial charge in [0.1, 0.15) is 0 Å². The normalized spacial score (nSPS) is 20.0. The molecule has 0 atom stereocenters. The van der Waals surface area contributed by atoms with Crippen LogP contribution in [0.25, 0.3) is 0 Å². The van der Waals surface area contributed by atoms with Gasteiger partial charge in [0.05, 0.1) is 0 Å². The van der Waals surface area contributed by atoms with E-state index in [0.717, 1.165) is 16.7 Å².